The Hall–Kier alpha value is -0.800. The molecule has 2 aromatic rings. The molecule has 105 valence electrons. The Balaban J connectivity index is 0.000000246. The summed E-state index contributed by atoms with van der Waals surface area (Å²) in [6, 6.07) is 25.8. The molecule has 0 saturated heterocycles. The first-order valence-corrected chi connectivity index (χ1v) is 11.7. The summed E-state index contributed by atoms with van der Waals surface area (Å²) in [5, 5.41) is 0. The molecule has 0 spiro atoms. The van der Waals surface area contributed by atoms with Gasteiger partial charge in [0.1, 0.15) is 0 Å². The van der Waals surface area contributed by atoms with Crippen molar-refractivity contribution in [3.63, 3.8) is 0 Å². The van der Waals surface area contributed by atoms with Crippen LogP contribution in [0.3, 0.4) is 0 Å². The molecule has 0 fully saturated rings. The van der Waals surface area contributed by atoms with Crippen LogP contribution in [0, 0.1) is 0 Å². The monoisotopic (exact) mass is 343 g/mol. The van der Waals surface area contributed by atoms with Crippen LogP contribution in [0.1, 0.15) is 20.8 Å². The van der Waals surface area contributed by atoms with Gasteiger partial charge in [-0.05, 0) is 0 Å². The second kappa shape index (κ2) is 10.9. The molecule has 0 amide bonds. The van der Waals surface area contributed by atoms with E-state index in [0.717, 1.165) is 0 Å². The van der Waals surface area contributed by atoms with Gasteiger partial charge in [-0.25, -0.2) is 0 Å². The van der Waals surface area contributed by atoms with Gasteiger partial charge in [-0.15, -0.1) is 0 Å². The SMILES string of the molecule is CC[Si](CC)CC.c1cc[c]([Ge][c]2ccccc2)cc1. The van der Waals surface area contributed by atoms with E-state index in [1.807, 2.05) is 0 Å². The molecule has 0 saturated carbocycles. The predicted octanol–water partition coefficient (Wildman–Crippen LogP) is 3.88. The summed E-state index contributed by atoms with van der Waals surface area (Å²) in [5.41, 5.74) is 0. The average molecular weight is 342 g/mol. The van der Waals surface area contributed by atoms with Gasteiger partial charge in [0.25, 0.3) is 0 Å². The summed E-state index contributed by atoms with van der Waals surface area (Å²) in [7, 11) is 0.137. The Morgan fingerprint density at radius 2 is 1.00 bits per heavy atom. The molecule has 0 N–H and O–H groups in total. The van der Waals surface area contributed by atoms with E-state index >= 15 is 0 Å². The second-order valence-corrected chi connectivity index (χ2v) is 11.2. The molecule has 0 bridgehead atoms. The van der Waals surface area contributed by atoms with Crippen LogP contribution in [0.2, 0.25) is 18.1 Å². The zero-order valence-corrected chi connectivity index (χ0v) is 16.0. The van der Waals surface area contributed by atoms with Crippen LogP contribution in [0.15, 0.2) is 60.7 Å². The van der Waals surface area contributed by atoms with E-state index in [2.05, 4.69) is 81.4 Å². The minimum atomic E-state index is -0.108. The van der Waals surface area contributed by atoms with Gasteiger partial charge in [-0.3, -0.25) is 0 Å². The Morgan fingerprint density at radius 3 is 1.25 bits per heavy atom. The first-order chi connectivity index (χ1) is 9.80. The predicted molar refractivity (Wildman–Crippen MR) is 95.1 cm³/mol. The van der Waals surface area contributed by atoms with Crippen molar-refractivity contribution in [2.75, 3.05) is 0 Å². The van der Waals surface area contributed by atoms with Gasteiger partial charge in [0, 0.05) is 8.80 Å². The normalized spacial score (nSPS) is 10.0. The van der Waals surface area contributed by atoms with Gasteiger partial charge in [0.2, 0.25) is 0 Å². The van der Waals surface area contributed by atoms with E-state index in [0.29, 0.717) is 0 Å². The third kappa shape index (κ3) is 7.11. The molecule has 0 heterocycles. The molecular formula is C18H25GeSi. The number of rotatable bonds is 5. The molecule has 2 rings (SSSR count). The molecule has 2 heteroatoms. The molecule has 0 atom stereocenters. The molecule has 0 aliphatic carbocycles. The van der Waals surface area contributed by atoms with Crippen LogP contribution in [0.25, 0.3) is 0 Å². The number of hydrogen-bond donors (Lipinski definition) is 0. The van der Waals surface area contributed by atoms with Crippen molar-refractivity contribution < 1.29 is 0 Å². The van der Waals surface area contributed by atoms with Gasteiger partial charge < -0.3 is 0 Å². The first-order valence-electron chi connectivity index (χ1n) is 7.50. The van der Waals surface area contributed by atoms with Crippen LogP contribution >= 0.6 is 0 Å². The Labute approximate surface area is 132 Å². The average Bonchev–Trinajstić information content (AvgIpc) is 2.52. The van der Waals surface area contributed by atoms with Crippen molar-refractivity contribution in [2.24, 2.45) is 0 Å². The maximum absolute atomic E-state index is 2.31. The fraction of sp³-hybridized carbons (Fsp3) is 0.333. The third-order valence-corrected chi connectivity index (χ3v) is 8.95. The van der Waals surface area contributed by atoms with E-state index in [1.165, 1.54) is 26.9 Å². The standard InChI is InChI=1S/C12H10Ge.C6H15Si/c1-3-7-11(8-4-1)13-12-9-5-2-6-10-12;1-4-7(5-2)6-3/h1-10H;4-6H2,1-3H3. The summed E-state index contributed by atoms with van der Waals surface area (Å²) in [6.45, 7) is 6.92. The third-order valence-electron chi connectivity index (χ3n) is 3.34. The fourth-order valence-corrected chi connectivity index (χ4v) is 5.67. The number of hydrogen-bond acceptors (Lipinski definition) is 0. The maximum atomic E-state index is 2.31. The molecule has 0 nitrogen and oxygen atoms in total. The van der Waals surface area contributed by atoms with Gasteiger partial charge >= 0.3 is 84.9 Å². The van der Waals surface area contributed by atoms with Gasteiger partial charge in [-0.2, -0.15) is 0 Å². The summed E-state index contributed by atoms with van der Waals surface area (Å²) >= 11 is -0.108. The molecule has 0 unspecified atom stereocenters. The molecular weight excluding hydrogens is 317 g/mol. The van der Waals surface area contributed by atoms with Crippen LogP contribution in [-0.4, -0.2) is 24.2 Å². The van der Waals surface area contributed by atoms with Crippen molar-refractivity contribution in [1.29, 1.82) is 0 Å². The molecule has 0 aliphatic rings. The molecule has 0 aliphatic heterocycles. The van der Waals surface area contributed by atoms with Crippen molar-refractivity contribution in [3.05, 3.63) is 60.7 Å². The van der Waals surface area contributed by atoms with Gasteiger partial charge in [0.05, 0.1) is 0 Å². The quantitative estimate of drug-likeness (QED) is 0.724. The first kappa shape index (κ1) is 17.3. The van der Waals surface area contributed by atoms with E-state index < -0.39 is 0 Å². The number of benzene rings is 2. The Morgan fingerprint density at radius 1 is 0.650 bits per heavy atom. The summed E-state index contributed by atoms with van der Waals surface area (Å²) < 4.78 is 2.99. The van der Waals surface area contributed by atoms with E-state index in [9.17, 15) is 0 Å². The molecule has 3 radical (unpaired) electrons. The van der Waals surface area contributed by atoms with Gasteiger partial charge in [0.15, 0.2) is 0 Å². The Kier molecular flexibility index (Phi) is 9.42. The van der Waals surface area contributed by atoms with E-state index in [4.69, 9.17) is 0 Å². The van der Waals surface area contributed by atoms with Crippen molar-refractivity contribution in [3.8, 4) is 0 Å². The van der Waals surface area contributed by atoms with Crippen molar-refractivity contribution in [2.45, 2.75) is 38.9 Å². The van der Waals surface area contributed by atoms with Crippen LogP contribution in [0.4, 0.5) is 0 Å². The van der Waals surface area contributed by atoms with Crippen molar-refractivity contribution >= 4 is 33.0 Å². The molecule has 20 heavy (non-hydrogen) atoms. The molecule has 2 aromatic carbocycles. The topological polar surface area (TPSA) is 0 Å². The Bertz CT molecular complexity index is 394. The molecule has 0 aromatic heterocycles. The van der Waals surface area contributed by atoms with Crippen LogP contribution < -0.4 is 8.79 Å². The van der Waals surface area contributed by atoms with Crippen molar-refractivity contribution in [1.82, 2.24) is 0 Å². The van der Waals surface area contributed by atoms with Crippen LogP contribution in [-0.2, 0) is 0 Å². The van der Waals surface area contributed by atoms with Crippen LogP contribution in [0.5, 0.6) is 0 Å². The van der Waals surface area contributed by atoms with E-state index in [-0.39, 0.29) is 24.2 Å². The second-order valence-electron chi connectivity index (χ2n) is 4.67. The summed E-state index contributed by atoms with van der Waals surface area (Å²) in [4.78, 5) is 0. The minimum absolute atomic E-state index is 0.108. The summed E-state index contributed by atoms with van der Waals surface area (Å²) in [6.07, 6.45) is 0. The summed E-state index contributed by atoms with van der Waals surface area (Å²) in [5.74, 6) is 0. The van der Waals surface area contributed by atoms with E-state index in [1.54, 1.807) is 0 Å². The van der Waals surface area contributed by atoms with Gasteiger partial charge in [-0.1, -0.05) is 38.9 Å². The fourth-order valence-electron chi connectivity index (χ4n) is 1.96. The zero-order valence-electron chi connectivity index (χ0n) is 12.9. The zero-order chi connectivity index (χ0) is 14.6.